The third kappa shape index (κ3) is 3.05. The molecule has 5 nitrogen and oxygen atoms in total. The highest BCUT2D eigenvalue weighted by molar-refractivity contribution is 5.69. The van der Waals surface area contributed by atoms with Crippen LogP contribution in [0.25, 0.3) is 10.4 Å². The Kier molecular flexibility index (Phi) is 5.39. The Morgan fingerprint density at radius 1 is 1.35 bits per heavy atom. The van der Waals surface area contributed by atoms with Crippen LogP contribution in [0.5, 0.6) is 0 Å². The molecule has 3 aliphatic carbocycles. The van der Waals surface area contributed by atoms with Crippen molar-refractivity contribution in [3.8, 4) is 0 Å². The van der Waals surface area contributed by atoms with Crippen LogP contribution in [0.2, 0.25) is 0 Å². The second kappa shape index (κ2) is 7.26. The molecule has 0 aliphatic heterocycles. The van der Waals surface area contributed by atoms with Crippen molar-refractivity contribution < 1.29 is 9.53 Å². The van der Waals surface area contributed by atoms with E-state index in [1.807, 2.05) is 0 Å². The van der Waals surface area contributed by atoms with Crippen LogP contribution in [0.4, 0.5) is 0 Å². The van der Waals surface area contributed by atoms with E-state index in [9.17, 15) is 4.79 Å². The summed E-state index contributed by atoms with van der Waals surface area (Å²) in [6.45, 7) is 7.67. The van der Waals surface area contributed by atoms with Gasteiger partial charge in [-0.1, -0.05) is 30.6 Å². The molecule has 0 heterocycles. The smallest absolute Gasteiger partial charge is 0.305 e. The molecule has 0 bridgehead atoms. The van der Waals surface area contributed by atoms with Gasteiger partial charge in [-0.05, 0) is 85.5 Å². The molecule has 2 saturated carbocycles. The molecule has 0 aromatic rings. The normalized spacial score (nSPS) is 41.5. The number of ether oxygens (including phenoxy) is 1. The summed E-state index contributed by atoms with van der Waals surface area (Å²) in [5, 5.41) is 3.92. The highest BCUT2D eigenvalue weighted by atomic mass is 16.5. The van der Waals surface area contributed by atoms with Crippen molar-refractivity contribution in [3.05, 3.63) is 22.1 Å². The van der Waals surface area contributed by atoms with E-state index in [-0.39, 0.29) is 11.4 Å². The quantitative estimate of drug-likeness (QED) is 0.209. The summed E-state index contributed by atoms with van der Waals surface area (Å²) in [6, 6.07) is 0. The Balaban J connectivity index is 1.86. The molecule has 0 aromatic heterocycles. The van der Waals surface area contributed by atoms with E-state index in [4.69, 9.17) is 10.3 Å². The molecule has 5 heteroatoms. The minimum atomic E-state index is -0.130. The average Bonchev–Trinajstić information content (AvgIpc) is 2.94. The van der Waals surface area contributed by atoms with Crippen LogP contribution in [0, 0.1) is 34.5 Å². The topological polar surface area (TPSA) is 75.1 Å². The number of hydrogen-bond donors (Lipinski definition) is 0. The predicted molar refractivity (Wildman–Crippen MR) is 102 cm³/mol. The standard InChI is InChI=1S/C21H33N3O2/c1-14-5-8-17-16-7-6-15(13-23-24-22)21(3,12-10-19(25)26-4)18(16)9-11-20(14,17)2/h5,15-18H,6-13H2,1-4H3/t15-,16-,17-,18-,20+,21-/m0/s1. The van der Waals surface area contributed by atoms with Crippen LogP contribution in [0.3, 0.4) is 0 Å². The van der Waals surface area contributed by atoms with Crippen LogP contribution in [0.1, 0.15) is 65.7 Å². The van der Waals surface area contributed by atoms with Gasteiger partial charge in [-0.25, -0.2) is 0 Å². The Labute approximate surface area is 157 Å². The molecule has 0 N–H and O–H groups in total. The highest BCUT2D eigenvalue weighted by Crippen LogP contribution is 2.64. The molecule has 3 rings (SSSR count). The average molecular weight is 360 g/mol. The number of rotatable bonds is 5. The number of methoxy groups -OCH3 is 1. The first-order valence-electron chi connectivity index (χ1n) is 10.1. The number of carbonyl (C=O) groups is 1. The molecular weight excluding hydrogens is 326 g/mol. The van der Waals surface area contributed by atoms with E-state index in [2.05, 4.69) is 36.9 Å². The number of nitrogens with zero attached hydrogens (tertiary/aromatic N) is 3. The van der Waals surface area contributed by atoms with Crippen LogP contribution in [-0.2, 0) is 9.53 Å². The van der Waals surface area contributed by atoms with Crippen LogP contribution in [0.15, 0.2) is 16.8 Å². The molecule has 144 valence electrons. The van der Waals surface area contributed by atoms with Crippen LogP contribution in [-0.4, -0.2) is 19.6 Å². The molecule has 6 atom stereocenters. The van der Waals surface area contributed by atoms with Crippen molar-refractivity contribution in [1.29, 1.82) is 0 Å². The van der Waals surface area contributed by atoms with E-state index >= 15 is 0 Å². The van der Waals surface area contributed by atoms with Gasteiger partial charge in [0.25, 0.3) is 0 Å². The van der Waals surface area contributed by atoms with Gasteiger partial charge < -0.3 is 4.74 Å². The van der Waals surface area contributed by atoms with Gasteiger partial charge in [0.1, 0.15) is 0 Å². The first-order chi connectivity index (χ1) is 12.4. The Hall–Kier alpha value is -1.48. The lowest BCUT2D eigenvalue weighted by Gasteiger charge is -2.59. The Morgan fingerprint density at radius 3 is 2.81 bits per heavy atom. The van der Waals surface area contributed by atoms with Gasteiger partial charge in [0.2, 0.25) is 0 Å². The van der Waals surface area contributed by atoms with E-state index in [0.717, 1.165) is 18.8 Å². The van der Waals surface area contributed by atoms with Gasteiger partial charge in [0, 0.05) is 17.9 Å². The maximum absolute atomic E-state index is 11.8. The summed E-state index contributed by atoms with van der Waals surface area (Å²) in [5.41, 5.74) is 10.8. The van der Waals surface area contributed by atoms with Gasteiger partial charge in [-0.15, -0.1) is 0 Å². The van der Waals surface area contributed by atoms with E-state index in [1.54, 1.807) is 5.57 Å². The number of carbonyl (C=O) groups excluding carboxylic acids is 1. The van der Waals surface area contributed by atoms with E-state index < -0.39 is 0 Å². The molecule has 2 fully saturated rings. The maximum atomic E-state index is 11.8. The second-order valence-corrected chi connectivity index (χ2v) is 9.23. The van der Waals surface area contributed by atoms with Gasteiger partial charge in [0.15, 0.2) is 0 Å². The third-order valence-corrected chi connectivity index (χ3v) is 8.49. The maximum Gasteiger partial charge on any atom is 0.305 e. The SMILES string of the molecule is COC(=O)CC[C@@]1(C)[C@H](CN=[N+]=[N-])CC[C@@H]2[C@@H]1CC[C@]1(C)C(C)=CC[C@@H]21. The summed E-state index contributed by atoms with van der Waals surface area (Å²) >= 11 is 0. The van der Waals surface area contributed by atoms with Crippen molar-refractivity contribution in [2.45, 2.75) is 65.7 Å². The molecule has 0 saturated heterocycles. The summed E-state index contributed by atoms with van der Waals surface area (Å²) < 4.78 is 4.91. The minimum absolute atomic E-state index is 0.0448. The van der Waals surface area contributed by atoms with Crippen molar-refractivity contribution >= 4 is 5.97 Å². The third-order valence-electron chi connectivity index (χ3n) is 8.49. The first-order valence-corrected chi connectivity index (χ1v) is 10.1. The fraction of sp³-hybridized carbons (Fsp3) is 0.857. The first kappa shape index (κ1) is 19.3. The molecule has 0 radical (unpaired) electrons. The van der Waals surface area contributed by atoms with Crippen molar-refractivity contribution in [2.24, 2.45) is 39.6 Å². The lowest BCUT2D eigenvalue weighted by molar-refractivity contribution is -0.143. The molecule has 0 spiro atoms. The largest absolute Gasteiger partial charge is 0.469 e. The number of esters is 1. The molecule has 26 heavy (non-hydrogen) atoms. The lowest BCUT2D eigenvalue weighted by Crippen LogP contribution is -2.52. The molecular formula is C21H33N3O2. The van der Waals surface area contributed by atoms with Gasteiger partial charge in [-0.3, -0.25) is 4.79 Å². The highest BCUT2D eigenvalue weighted by Gasteiger charge is 2.56. The number of azide groups is 1. The van der Waals surface area contributed by atoms with Crippen LogP contribution < -0.4 is 0 Å². The summed E-state index contributed by atoms with van der Waals surface area (Å²) in [5.74, 6) is 2.29. The Morgan fingerprint density at radius 2 is 2.12 bits per heavy atom. The predicted octanol–water partition coefficient (Wildman–Crippen LogP) is 5.66. The monoisotopic (exact) mass is 359 g/mol. The van der Waals surface area contributed by atoms with Crippen molar-refractivity contribution in [2.75, 3.05) is 13.7 Å². The van der Waals surface area contributed by atoms with E-state index in [1.165, 1.54) is 32.8 Å². The van der Waals surface area contributed by atoms with E-state index in [0.29, 0.717) is 36.1 Å². The lowest BCUT2D eigenvalue weighted by atomic mass is 9.46. The molecule has 0 amide bonds. The summed E-state index contributed by atoms with van der Waals surface area (Å²) in [6.07, 6.45) is 9.75. The number of allylic oxidation sites excluding steroid dienone is 2. The fourth-order valence-electron chi connectivity index (χ4n) is 6.61. The molecule has 0 unspecified atom stereocenters. The van der Waals surface area contributed by atoms with Crippen molar-refractivity contribution in [1.82, 2.24) is 0 Å². The summed E-state index contributed by atoms with van der Waals surface area (Å²) in [4.78, 5) is 14.9. The zero-order chi connectivity index (χ0) is 18.9. The fourth-order valence-corrected chi connectivity index (χ4v) is 6.61. The summed E-state index contributed by atoms with van der Waals surface area (Å²) in [7, 11) is 1.46. The van der Waals surface area contributed by atoms with Gasteiger partial charge >= 0.3 is 5.97 Å². The zero-order valence-electron chi connectivity index (χ0n) is 16.7. The van der Waals surface area contributed by atoms with Gasteiger partial charge in [0.05, 0.1) is 7.11 Å². The number of fused-ring (bicyclic) bond motifs is 3. The van der Waals surface area contributed by atoms with Crippen molar-refractivity contribution in [3.63, 3.8) is 0 Å². The van der Waals surface area contributed by atoms with Crippen LogP contribution >= 0.6 is 0 Å². The molecule has 0 aromatic carbocycles. The van der Waals surface area contributed by atoms with Gasteiger partial charge in [-0.2, -0.15) is 0 Å². The zero-order valence-corrected chi connectivity index (χ0v) is 16.7. The second-order valence-electron chi connectivity index (χ2n) is 9.23. The minimum Gasteiger partial charge on any atom is -0.469 e. The molecule has 3 aliphatic rings. The Bertz CT molecular complexity index is 639. The number of hydrogen-bond acceptors (Lipinski definition) is 3.